The van der Waals surface area contributed by atoms with E-state index >= 15 is 0 Å². The number of ether oxygens (including phenoxy) is 3. The number of methoxy groups -OCH3 is 2. The van der Waals surface area contributed by atoms with Gasteiger partial charge < -0.3 is 39.1 Å². The van der Waals surface area contributed by atoms with Crippen molar-refractivity contribution in [1.82, 2.24) is 0 Å². The number of fused-ring (bicyclic) bond motifs is 5. The summed E-state index contributed by atoms with van der Waals surface area (Å²) in [6.07, 6.45) is -3.29. The van der Waals surface area contributed by atoms with Crippen LogP contribution in [0.15, 0.2) is 46.1 Å². The van der Waals surface area contributed by atoms with E-state index in [0.29, 0.717) is 27.6 Å². The number of benzene rings is 3. The van der Waals surface area contributed by atoms with E-state index in [2.05, 4.69) is 6.58 Å². The first kappa shape index (κ1) is 25.0. The maximum atomic E-state index is 13.3. The van der Waals surface area contributed by atoms with Gasteiger partial charge in [0.15, 0.2) is 0 Å². The second-order valence-electron chi connectivity index (χ2n) is 9.50. The molecule has 1 unspecified atom stereocenters. The van der Waals surface area contributed by atoms with Crippen LogP contribution in [-0.4, -0.2) is 58.6 Å². The summed E-state index contributed by atoms with van der Waals surface area (Å²) in [6.45, 7) is 6.67. The van der Waals surface area contributed by atoms with Crippen molar-refractivity contribution in [2.24, 2.45) is 0 Å². The molecule has 4 aromatic rings. The van der Waals surface area contributed by atoms with Crippen molar-refractivity contribution in [3.63, 3.8) is 0 Å². The molecule has 1 saturated heterocycles. The van der Waals surface area contributed by atoms with Crippen molar-refractivity contribution in [1.29, 1.82) is 0 Å². The van der Waals surface area contributed by atoms with Gasteiger partial charge in [-0.2, -0.15) is 0 Å². The average Bonchev–Trinajstić information content (AvgIpc) is 2.89. The Labute approximate surface area is 211 Å². The highest BCUT2D eigenvalue weighted by molar-refractivity contribution is 6.19. The first-order valence-corrected chi connectivity index (χ1v) is 11.7. The summed E-state index contributed by atoms with van der Waals surface area (Å²) in [4.78, 5) is 13.3. The third-order valence-electron chi connectivity index (χ3n) is 7.29. The molecule has 4 N–H and O–H groups in total. The van der Waals surface area contributed by atoms with Gasteiger partial charge in [-0.1, -0.05) is 18.7 Å². The lowest BCUT2D eigenvalue weighted by Crippen LogP contribution is -2.61. The van der Waals surface area contributed by atoms with E-state index in [1.54, 1.807) is 31.2 Å². The van der Waals surface area contributed by atoms with Crippen LogP contribution < -0.4 is 15.1 Å². The van der Waals surface area contributed by atoms with E-state index in [1.807, 2.05) is 0 Å². The Kier molecular flexibility index (Phi) is 5.91. The Hall–Kier alpha value is -3.63. The minimum Gasteiger partial charge on any atom is -0.507 e. The molecule has 9 nitrogen and oxygen atoms in total. The molecule has 1 aromatic heterocycles. The van der Waals surface area contributed by atoms with Crippen LogP contribution in [-0.2, 0) is 4.74 Å². The van der Waals surface area contributed by atoms with E-state index in [4.69, 9.17) is 18.6 Å². The maximum Gasteiger partial charge on any atom is 0.344 e. The standard InChI is InChI=1S/C28H28O9/c1-6-13-9-16-20(18(10-13)34-4)15-11-19(35-5)22-17(29)8-7-14(21(22)23(15)37-27(16)32)24-26(31)28(3,33)25(30)12(2)36-24/h6-12,24-26,29-31,33H,1H2,2-5H3/t12-,24?,25+,26+,28-/m0/s1. The normalized spacial score (nSPS) is 26.0. The topological polar surface area (TPSA) is 139 Å². The molecule has 0 aliphatic carbocycles. The molecule has 1 fully saturated rings. The molecule has 37 heavy (non-hydrogen) atoms. The first-order chi connectivity index (χ1) is 17.5. The number of aliphatic hydroxyl groups is 3. The zero-order valence-corrected chi connectivity index (χ0v) is 20.8. The first-order valence-electron chi connectivity index (χ1n) is 11.7. The second-order valence-corrected chi connectivity index (χ2v) is 9.50. The largest absolute Gasteiger partial charge is 0.507 e. The predicted octanol–water partition coefficient (Wildman–Crippen LogP) is 3.40. The van der Waals surface area contributed by atoms with Crippen LogP contribution in [0.3, 0.4) is 0 Å². The molecule has 2 heterocycles. The van der Waals surface area contributed by atoms with Crippen LogP contribution in [0, 0.1) is 0 Å². The highest BCUT2D eigenvalue weighted by Crippen LogP contribution is 2.48. The average molecular weight is 509 g/mol. The van der Waals surface area contributed by atoms with Crippen molar-refractivity contribution in [2.75, 3.05) is 14.2 Å². The second kappa shape index (κ2) is 8.74. The molecule has 0 bridgehead atoms. The Morgan fingerprint density at radius 3 is 2.32 bits per heavy atom. The van der Waals surface area contributed by atoms with Crippen molar-refractivity contribution >= 4 is 38.6 Å². The molecule has 1 aliphatic heterocycles. The molecule has 0 saturated carbocycles. The summed E-state index contributed by atoms with van der Waals surface area (Å²) < 4.78 is 23.1. The van der Waals surface area contributed by atoms with Gasteiger partial charge in [-0.05, 0) is 49.2 Å². The van der Waals surface area contributed by atoms with Crippen molar-refractivity contribution in [2.45, 2.75) is 43.9 Å². The van der Waals surface area contributed by atoms with Gasteiger partial charge in [0.1, 0.15) is 46.7 Å². The van der Waals surface area contributed by atoms with Gasteiger partial charge in [-0.25, -0.2) is 4.79 Å². The monoisotopic (exact) mass is 508 g/mol. The zero-order valence-electron chi connectivity index (χ0n) is 20.8. The molecule has 9 heteroatoms. The maximum absolute atomic E-state index is 13.3. The molecule has 5 rings (SSSR count). The van der Waals surface area contributed by atoms with E-state index in [0.717, 1.165) is 0 Å². The molecule has 0 amide bonds. The van der Waals surface area contributed by atoms with Gasteiger partial charge in [-0.3, -0.25) is 0 Å². The van der Waals surface area contributed by atoms with Crippen molar-refractivity contribution in [3.05, 3.63) is 58.5 Å². The van der Waals surface area contributed by atoms with Crippen molar-refractivity contribution < 1.29 is 39.1 Å². The minimum absolute atomic E-state index is 0.109. The SMILES string of the molecule is C=Cc1cc(OC)c2c(c1)c(=O)oc1c2cc(OC)c2c(O)ccc(C3O[C@@H](C)[C@@H](O)[C@](C)(O)[C@@H]3O)c21. The van der Waals surface area contributed by atoms with Gasteiger partial charge in [-0.15, -0.1) is 0 Å². The summed E-state index contributed by atoms with van der Waals surface area (Å²) >= 11 is 0. The molecule has 0 spiro atoms. The van der Waals surface area contributed by atoms with Gasteiger partial charge in [0.2, 0.25) is 0 Å². The molecule has 5 atom stereocenters. The predicted molar refractivity (Wildman–Crippen MR) is 138 cm³/mol. The lowest BCUT2D eigenvalue weighted by atomic mass is 9.80. The van der Waals surface area contributed by atoms with Crippen LogP contribution >= 0.6 is 0 Å². The Balaban J connectivity index is 1.97. The van der Waals surface area contributed by atoms with Gasteiger partial charge in [0.05, 0.1) is 31.1 Å². The van der Waals surface area contributed by atoms with E-state index in [1.165, 1.54) is 33.3 Å². The van der Waals surface area contributed by atoms with Gasteiger partial charge >= 0.3 is 5.63 Å². The molecule has 0 radical (unpaired) electrons. The van der Waals surface area contributed by atoms with Crippen LogP contribution in [0.1, 0.15) is 31.1 Å². The number of hydrogen-bond donors (Lipinski definition) is 4. The lowest BCUT2D eigenvalue weighted by Gasteiger charge is -2.46. The van der Waals surface area contributed by atoms with Crippen LogP contribution in [0.2, 0.25) is 0 Å². The summed E-state index contributed by atoms with van der Waals surface area (Å²) in [5, 5.41) is 44.9. The van der Waals surface area contributed by atoms with Crippen LogP contribution in [0.25, 0.3) is 38.6 Å². The Bertz CT molecular complexity index is 1620. The van der Waals surface area contributed by atoms with E-state index in [9.17, 15) is 25.2 Å². The Morgan fingerprint density at radius 1 is 1.00 bits per heavy atom. The van der Waals surface area contributed by atoms with Crippen molar-refractivity contribution in [3.8, 4) is 17.2 Å². The smallest absolute Gasteiger partial charge is 0.344 e. The number of aromatic hydroxyl groups is 1. The molecular weight excluding hydrogens is 480 g/mol. The number of phenols is 1. The number of hydrogen-bond acceptors (Lipinski definition) is 9. The summed E-state index contributed by atoms with van der Waals surface area (Å²) in [7, 11) is 2.93. The number of aliphatic hydroxyl groups excluding tert-OH is 2. The third kappa shape index (κ3) is 3.58. The summed E-state index contributed by atoms with van der Waals surface area (Å²) in [6, 6.07) is 7.95. The highest BCUT2D eigenvalue weighted by atomic mass is 16.5. The zero-order chi connectivity index (χ0) is 26.8. The van der Waals surface area contributed by atoms with E-state index in [-0.39, 0.29) is 33.2 Å². The molecule has 194 valence electrons. The van der Waals surface area contributed by atoms with Gasteiger partial charge in [0, 0.05) is 16.2 Å². The quantitative estimate of drug-likeness (QED) is 0.241. The fraction of sp³-hybridized carbons (Fsp3) is 0.321. The highest BCUT2D eigenvalue weighted by Gasteiger charge is 2.51. The lowest BCUT2D eigenvalue weighted by molar-refractivity contribution is -0.261. The third-order valence-corrected chi connectivity index (χ3v) is 7.29. The molecule has 1 aliphatic rings. The number of rotatable bonds is 4. The van der Waals surface area contributed by atoms with E-state index < -0.39 is 35.6 Å². The Morgan fingerprint density at radius 2 is 1.68 bits per heavy atom. The fourth-order valence-electron chi connectivity index (χ4n) is 5.28. The van der Waals surface area contributed by atoms with Crippen LogP contribution in [0.5, 0.6) is 17.2 Å². The van der Waals surface area contributed by atoms with Crippen LogP contribution in [0.4, 0.5) is 0 Å². The summed E-state index contributed by atoms with van der Waals surface area (Å²) in [5.74, 6) is 0.526. The fourth-order valence-corrected chi connectivity index (χ4v) is 5.28. The number of phenolic OH excluding ortho intramolecular Hbond substituents is 1. The minimum atomic E-state index is -1.90. The molecule has 3 aromatic carbocycles. The van der Waals surface area contributed by atoms with Gasteiger partial charge in [0.25, 0.3) is 0 Å². The molecular formula is C28H28O9. The summed E-state index contributed by atoms with van der Waals surface area (Å²) in [5.41, 5.74) is -1.45.